The highest BCUT2D eigenvalue weighted by molar-refractivity contribution is 5.77. The second kappa shape index (κ2) is 7.26. The molecule has 0 unspecified atom stereocenters. The lowest BCUT2D eigenvalue weighted by Gasteiger charge is -2.26. The van der Waals surface area contributed by atoms with E-state index in [-0.39, 0.29) is 5.41 Å². The minimum absolute atomic E-state index is 0.161. The van der Waals surface area contributed by atoms with Gasteiger partial charge in [-0.05, 0) is 37.5 Å². The van der Waals surface area contributed by atoms with Gasteiger partial charge in [-0.1, -0.05) is 30.8 Å². The molecule has 0 bridgehead atoms. The molecule has 1 saturated heterocycles. The van der Waals surface area contributed by atoms with Crippen LogP contribution in [0.2, 0.25) is 0 Å². The maximum absolute atomic E-state index is 13.0. The average molecular weight is 381 g/mol. The number of likely N-dealkylation sites (tertiary alicyclic amines) is 1. The number of aromatic nitrogens is 4. The van der Waals surface area contributed by atoms with E-state index < -0.39 is 0 Å². The first-order chi connectivity index (χ1) is 13.7. The van der Waals surface area contributed by atoms with Crippen LogP contribution in [0.15, 0.2) is 23.1 Å². The summed E-state index contributed by atoms with van der Waals surface area (Å²) in [6.07, 6.45) is 15.2. The minimum Gasteiger partial charge on any atom is -0.341 e. The monoisotopic (exact) mass is 381 g/mol. The third-order valence-corrected chi connectivity index (χ3v) is 7.07. The van der Waals surface area contributed by atoms with Crippen LogP contribution in [0.1, 0.15) is 63.6 Å². The largest absolute Gasteiger partial charge is 0.341 e. The molecular formula is C21H27N5O2. The van der Waals surface area contributed by atoms with Crippen molar-refractivity contribution in [2.75, 3.05) is 13.1 Å². The van der Waals surface area contributed by atoms with Crippen molar-refractivity contribution in [1.82, 2.24) is 25.0 Å². The Bertz CT molecular complexity index is 832. The molecule has 2 aromatic rings. The van der Waals surface area contributed by atoms with Gasteiger partial charge in [-0.15, -0.1) is 0 Å². The fourth-order valence-corrected chi connectivity index (χ4v) is 5.55. The fraction of sp³-hybridized carbons (Fsp3) is 0.667. The summed E-state index contributed by atoms with van der Waals surface area (Å²) in [7, 11) is 0. The van der Waals surface area contributed by atoms with E-state index in [1.54, 1.807) is 18.6 Å². The molecule has 28 heavy (non-hydrogen) atoms. The molecule has 3 fully saturated rings. The number of hydrogen-bond acceptors (Lipinski definition) is 6. The van der Waals surface area contributed by atoms with Gasteiger partial charge in [0.15, 0.2) is 5.82 Å². The molecule has 7 heteroatoms. The molecule has 0 radical (unpaired) electrons. The molecule has 0 N–H and O–H groups in total. The van der Waals surface area contributed by atoms with Gasteiger partial charge in [0.1, 0.15) is 5.69 Å². The third-order valence-electron chi connectivity index (χ3n) is 7.07. The second-order valence-electron chi connectivity index (χ2n) is 8.74. The summed E-state index contributed by atoms with van der Waals surface area (Å²) in [5.74, 6) is 2.47. The normalized spacial score (nSPS) is 27.9. The summed E-state index contributed by atoms with van der Waals surface area (Å²) in [5.41, 5.74) is 0.432. The Morgan fingerprint density at radius 3 is 2.89 bits per heavy atom. The van der Waals surface area contributed by atoms with E-state index in [1.807, 2.05) is 0 Å². The topological polar surface area (TPSA) is 85.0 Å². The lowest BCUT2D eigenvalue weighted by atomic mass is 9.80. The predicted molar refractivity (Wildman–Crippen MR) is 102 cm³/mol. The SMILES string of the molecule is O=C(CC1CCCCC1)N1C[C@H]2CCC[C@@]2(c2noc(-c3cnccn3)n2)C1. The summed E-state index contributed by atoms with van der Waals surface area (Å²) in [6, 6.07) is 0. The number of nitrogens with zero attached hydrogens (tertiary/aromatic N) is 5. The highest BCUT2D eigenvalue weighted by Gasteiger charge is 2.54. The van der Waals surface area contributed by atoms with Gasteiger partial charge in [0.05, 0.1) is 11.6 Å². The molecule has 2 saturated carbocycles. The van der Waals surface area contributed by atoms with Gasteiger partial charge < -0.3 is 9.42 Å². The zero-order valence-corrected chi connectivity index (χ0v) is 16.2. The molecule has 2 atom stereocenters. The molecule has 5 rings (SSSR count). The van der Waals surface area contributed by atoms with Crippen molar-refractivity contribution in [2.45, 2.75) is 63.2 Å². The van der Waals surface area contributed by atoms with E-state index in [9.17, 15) is 4.79 Å². The smallest absolute Gasteiger partial charge is 0.278 e. The number of amides is 1. The van der Waals surface area contributed by atoms with Gasteiger partial charge in [0, 0.05) is 31.9 Å². The zero-order chi connectivity index (χ0) is 19.0. The summed E-state index contributed by atoms with van der Waals surface area (Å²) in [5, 5.41) is 4.33. The second-order valence-corrected chi connectivity index (χ2v) is 8.74. The molecule has 7 nitrogen and oxygen atoms in total. The Labute approximate surface area is 164 Å². The van der Waals surface area contributed by atoms with Crippen molar-refractivity contribution < 1.29 is 9.32 Å². The quantitative estimate of drug-likeness (QED) is 0.807. The molecule has 2 aliphatic carbocycles. The Balaban J connectivity index is 1.34. The Hall–Kier alpha value is -2.31. The van der Waals surface area contributed by atoms with Crippen LogP contribution in [-0.2, 0) is 10.2 Å². The first kappa shape index (κ1) is 17.8. The van der Waals surface area contributed by atoms with E-state index in [1.165, 1.54) is 32.1 Å². The van der Waals surface area contributed by atoms with Crippen molar-refractivity contribution in [3.8, 4) is 11.6 Å². The van der Waals surface area contributed by atoms with Crippen molar-refractivity contribution in [1.29, 1.82) is 0 Å². The van der Waals surface area contributed by atoms with E-state index in [4.69, 9.17) is 4.52 Å². The van der Waals surface area contributed by atoms with Crippen molar-refractivity contribution in [3.63, 3.8) is 0 Å². The van der Waals surface area contributed by atoms with Crippen LogP contribution < -0.4 is 0 Å². The van der Waals surface area contributed by atoms with E-state index in [2.05, 4.69) is 25.0 Å². The van der Waals surface area contributed by atoms with Gasteiger partial charge in [0.2, 0.25) is 5.91 Å². The van der Waals surface area contributed by atoms with Crippen LogP contribution in [0.3, 0.4) is 0 Å². The Morgan fingerprint density at radius 2 is 2.07 bits per heavy atom. The molecule has 3 heterocycles. The molecular weight excluding hydrogens is 354 g/mol. The van der Waals surface area contributed by atoms with Crippen LogP contribution in [0.5, 0.6) is 0 Å². The van der Waals surface area contributed by atoms with Crippen LogP contribution in [0.25, 0.3) is 11.6 Å². The first-order valence-corrected chi connectivity index (χ1v) is 10.6. The fourth-order valence-electron chi connectivity index (χ4n) is 5.55. The maximum atomic E-state index is 13.0. The highest BCUT2D eigenvalue weighted by Crippen LogP contribution is 2.50. The highest BCUT2D eigenvalue weighted by atomic mass is 16.5. The number of carbonyl (C=O) groups is 1. The standard InChI is InChI=1S/C21H27N5O2/c27-18(11-15-5-2-1-3-6-15)26-13-16-7-4-8-21(16,14-26)20-24-19(28-25-20)17-12-22-9-10-23-17/h9-10,12,15-16H,1-8,11,13-14H2/t16-,21-/m1/s1. The first-order valence-electron chi connectivity index (χ1n) is 10.6. The number of rotatable bonds is 4. The summed E-state index contributed by atoms with van der Waals surface area (Å²) in [6.45, 7) is 1.56. The minimum atomic E-state index is -0.161. The molecule has 0 aromatic carbocycles. The van der Waals surface area contributed by atoms with Crippen LogP contribution in [-0.4, -0.2) is 44.0 Å². The van der Waals surface area contributed by atoms with Crippen LogP contribution in [0, 0.1) is 11.8 Å². The molecule has 3 aliphatic rings. The van der Waals surface area contributed by atoms with Crippen LogP contribution >= 0.6 is 0 Å². The number of carbonyl (C=O) groups excluding carboxylic acids is 1. The predicted octanol–water partition coefficient (Wildman–Crippen LogP) is 3.38. The van der Waals surface area contributed by atoms with Gasteiger partial charge in [-0.3, -0.25) is 9.78 Å². The van der Waals surface area contributed by atoms with Crippen LogP contribution in [0.4, 0.5) is 0 Å². The zero-order valence-electron chi connectivity index (χ0n) is 16.2. The van der Waals surface area contributed by atoms with E-state index in [0.717, 1.165) is 38.2 Å². The van der Waals surface area contributed by atoms with Crippen molar-refractivity contribution >= 4 is 5.91 Å². The summed E-state index contributed by atoms with van der Waals surface area (Å²) >= 11 is 0. The number of hydrogen-bond donors (Lipinski definition) is 0. The van der Waals surface area contributed by atoms with Gasteiger partial charge in [-0.25, -0.2) is 4.98 Å². The van der Waals surface area contributed by atoms with E-state index >= 15 is 0 Å². The lowest BCUT2D eigenvalue weighted by molar-refractivity contribution is -0.131. The molecule has 148 valence electrons. The third kappa shape index (κ3) is 3.10. The van der Waals surface area contributed by atoms with Crippen molar-refractivity contribution in [3.05, 3.63) is 24.4 Å². The van der Waals surface area contributed by atoms with Gasteiger partial charge >= 0.3 is 0 Å². The summed E-state index contributed by atoms with van der Waals surface area (Å²) < 4.78 is 5.52. The Kier molecular flexibility index (Phi) is 4.61. The Morgan fingerprint density at radius 1 is 1.18 bits per heavy atom. The molecule has 2 aromatic heterocycles. The summed E-state index contributed by atoms with van der Waals surface area (Å²) in [4.78, 5) is 28.1. The van der Waals surface area contributed by atoms with Gasteiger partial charge in [0.25, 0.3) is 5.89 Å². The molecule has 1 aliphatic heterocycles. The maximum Gasteiger partial charge on any atom is 0.278 e. The van der Waals surface area contributed by atoms with E-state index in [0.29, 0.717) is 35.7 Å². The number of fused-ring (bicyclic) bond motifs is 1. The molecule has 0 spiro atoms. The molecule has 1 amide bonds. The lowest BCUT2D eigenvalue weighted by Crippen LogP contribution is -2.36. The van der Waals surface area contributed by atoms with Crippen molar-refractivity contribution in [2.24, 2.45) is 11.8 Å². The average Bonchev–Trinajstić information content (AvgIpc) is 3.43. The van der Waals surface area contributed by atoms with Gasteiger partial charge in [-0.2, -0.15) is 4.98 Å².